The second kappa shape index (κ2) is 4.71. The standard InChI is InChI=1S/C13H23N3S/c14-12-15-9-13(7-8-17-10-13)16(12)11-5-3-1-2-4-6-11/h11H,1-10H2,(H2,14,15). The van der Waals surface area contributed by atoms with E-state index in [9.17, 15) is 0 Å². The topological polar surface area (TPSA) is 41.6 Å². The molecule has 0 radical (unpaired) electrons. The zero-order valence-electron chi connectivity index (χ0n) is 10.5. The monoisotopic (exact) mass is 253 g/mol. The number of nitrogens with zero attached hydrogens (tertiary/aromatic N) is 2. The Hall–Kier alpha value is -0.380. The molecular weight excluding hydrogens is 230 g/mol. The molecule has 96 valence electrons. The van der Waals surface area contributed by atoms with Gasteiger partial charge in [0, 0.05) is 11.8 Å². The van der Waals surface area contributed by atoms with Gasteiger partial charge in [0.25, 0.3) is 0 Å². The molecule has 2 aliphatic heterocycles. The van der Waals surface area contributed by atoms with Crippen LogP contribution in [0.3, 0.4) is 0 Å². The highest BCUT2D eigenvalue weighted by Crippen LogP contribution is 2.40. The first-order valence-electron chi connectivity index (χ1n) is 6.99. The van der Waals surface area contributed by atoms with Gasteiger partial charge in [-0.1, -0.05) is 25.7 Å². The Balaban J connectivity index is 1.80. The molecular formula is C13H23N3S. The molecule has 2 N–H and O–H groups in total. The molecule has 3 aliphatic rings. The largest absolute Gasteiger partial charge is 0.370 e. The van der Waals surface area contributed by atoms with Crippen LogP contribution in [0.2, 0.25) is 0 Å². The molecule has 0 amide bonds. The molecule has 3 nitrogen and oxygen atoms in total. The van der Waals surface area contributed by atoms with E-state index < -0.39 is 0 Å². The second-order valence-corrected chi connectivity index (χ2v) is 6.82. The fraction of sp³-hybridized carbons (Fsp3) is 0.923. The molecule has 0 aromatic heterocycles. The van der Waals surface area contributed by atoms with Crippen molar-refractivity contribution in [1.29, 1.82) is 0 Å². The fourth-order valence-corrected chi connectivity index (χ4v) is 5.05. The Morgan fingerprint density at radius 3 is 2.65 bits per heavy atom. The second-order valence-electron chi connectivity index (χ2n) is 5.72. The lowest BCUT2D eigenvalue weighted by Gasteiger charge is -2.41. The van der Waals surface area contributed by atoms with Crippen LogP contribution in [-0.4, -0.2) is 40.5 Å². The van der Waals surface area contributed by atoms with Crippen molar-refractivity contribution in [2.24, 2.45) is 10.7 Å². The molecule has 1 aliphatic carbocycles. The van der Waals surface area contributed by atoms with Gasteiger partial charge in [0.1, 0.15) is 0 Å². The predicted molar refractivity (Wildman–Crippen MR) is 74.5 cm³/mol. The van der Waals surface area contributed by atoms with Crippen LogP contribution < -0.4 is 5.73 Å². The summed E-state index contributed by atoms with van der Waals surface area (Å²) in [4.78, 5) is 7.09. The van der Waals surface area contributed by atoms with E-state index in [1.54, 1.807) is 0 Å². The highest BCUT2D eigenvalue weighted by molar-refractivity contribution is 7.99. The molecule has 1 unspecified atom stereocenters. The highest BCUT2D eigenvalue weighted by Gasteiger charge is 2.47. The van der Waals surface area contributed by atoms with E-state index in [0.717, 1.165) is 12.5 Å². The van der Waals surface area contributed by atoms with Gasteiger partial charge in [-0.2, -0.15) is 11.8 Å². The minimum Gasteiger partial charge on any atom is -0.370 e. The van der Waals surface area contributed by atoms with Crippen LogP contribution in [0, 0.1) is 0 Å². The molecule has 4 heteroatoms. The Kier molecular flexibility index (Phi) is 3.24. The number of nitrogens with two attached hydrogens (primary N) is 1. The molecule has 2 heterocycles. The van der Waals surface area contributed by atoms with E-state index in [1.807, 2.05) is 0 Å². The number of hydrogen-bond acceptors (Lipinski definition) is 4. The fourth-order valence-electron chi connectivity index (χ4n) is 3.63. The number of aliphatic imine (C=N–C) groups is 1. The van der Waals surface area contributed by atoms with Gasteiger partial charge in [-0.25, -0.2) is 0 Å². The maximum Gasteiger partial charge on any atom is 0.192 e. The summed E-state index contributed by atoms with van der Waals surface area (Å²) in [6.07, 6.45) is 9.48. The maximum atomic E-state index is 6.18. The van der Waals surface area contributed by atoms with Crippen LogP contribution in [0.15, 0.2) is 4.99 Å². The third kappa shape index (κ3) is 2.05. The minimum atomic E-state index is 0.295. The molecule has 1 atom stereocenters. The lowest BCUT2D eigenvalue weighted by Crippen LogP contribution is -2.56. The van der Waals surface area contributed by atoms with E-state index in [0.29, 0.717) is 11.6 Å². The summed E-state index contributed by atoms with van der Waals surface area (Å²) in [5.41, 5.74) is 6.48. The van der Waals surface area contributed by atoms with E-state index in [1.165, 1.54) is 56.5 Å². The van der Waals surface area contributed by atoms with E-state index in [4.69, 9.17) is 5.73 Å². The van der Waals surface area contributed by atoms with Crippen LogP contribution in [0.1, 0.15) is 44.9 Å². The SMILES string of the molecule is NC1=NCC2(CCSC2)N1C1CCCCCC1. The summed E-state index contributed by atoms with van der Waals surface area (Å²) < 4.78 is 0. The number of hydrogen-bond donors (Lipinski definition) is 1. The van der Waals surface area contributed by atoms with Crippen molar-refractivity contribution in [3.05, 3.63) is 0 Å². The summed E-state index contributed by atoms with van der Waals surface area (Å²) in [6, 6.07) is 0.669. The summed E-state index contributed by atoms with van der Waals surface area (Å²) in [7, 11) is 0. The van der Waals surface area contributed by atoms with Crippen molar-refractivity contribution in [1.82, 2.24) is 4.90 Å². The first-order chi connectivity index (χ1) is 8.32. The Morgan fingerprint density at radius 2 is 2.00 bits per heavy atom. The Labute approximate surface area is 108 Å². The van der Waals surface area contributed by atoms with Crippen molar-refractivity contribution in [2.75, 3.05) is 18.1 Å². The molecule has 1 saturated carbocycles. The quantitative estimate of drug-likeness (QED) is 0.729. The average Bonchev–Trinajstić information content (AvgIpc) is 2.81. The zero-order valence-corrected chi connectivity index (χ0v) is 11.3. The van der Waals surface area contributed by atoms with Crippen molar-refractivity contribution in [3.8, 4) is 0 Å². The van der Waals surface area contributed by atoms with Crippen molar-refractivity contribution in [2.45, 2.75) is 56.5 Å². The van der Waals surface area contributed by atoms with Gasteiger partial charge in [0.2, 0.25) is 0 Å². The normalized spacial score (nSPS) is 35.3. The zero-order chi connectivity index (χ0) is 11.7. The smallest absolute Gasteiger partial charge is 0.192 e. The van der Waals surface area contributed by atoms with Crippen LogP contribution in [-0.2, 0) is 0 Å². The number of rotatable bonds is 1. The van der Waals surface area contributed by atoms with Crippen molar-refractivity contribution >= 4 is 17.7 Å². The summed E-state index contributed by atoms with van der Waals surface area (Å²) in [6.45, 7) is 0.947. The van der Waals surface area contributed by atoms with E-state index >= 15 is 0 Å². The first kappa shape index (κ1) is 11.7. The number of guanidine groups is 1. The van der Waals surface area contributed by atoms with Crippen LogP contribution in [0.4, 0.5) is 0 Å². The maximum absolute atomic E-state index is 6.18. The van der Waals surface area contributed by atoms with Gasteiger partial charge in [0.05, 0.1) is 12.1 Å². The average molecular weight is 253 g/mol. The molecule has 0 bridgehead atoms. The van der Waals surface area contributed by atoms with E-state index in [-0.39, 0.29) is 0 Å². The van der Waals surface area contributed by atoms with Crippen molar-refractivity contribution in [3.63, 3.8) is 0 Å². The number of thioether (sulfide) groups is 1. The molecule has 1 spiro atoms. The van der Waals surface area contributed by atoms with Gasteiger partial charge in [-0.3, -0.25) is 4.99 Å². The van der Waals surface area contributed by atoms with Gasteiger partial charge in [0.15, 0.2) is 5.96 Å². The summed E-state index contributed by atoms with van der Waals surface area (Å²) >= 11 is 2.07. The lowest BCUT2D eigenvalue weighted by molar-refractivity contribution is 0.158. The Bertz CT molecular complexity index is 302. The van der Waals surface area contributed by atoms with Crippen LogP contribution in [0.25, 0.3) is 0 Å². The molecule has 17 heavy (non-hydrogen) atoms. The molecule has 2 fully saturated rings. The molecule has 1 saturated heterocycles. The molecule has 0 aromatic carbocycles. The van der Waals surface area contributed by atoms with Gasteiger partial charge < -0.3 is 10.6 Å². The van der Waals surface area contributed by atoms with Gasteiger partial charge in [-0.15, -0.1) is 0 Å². The first-order valence-corrected chi connectivity index (χ1v) is 8.14. The van der Waals surface area contributed by atoms with Gasteiger partial charge >= 0.3 is 0 Å². The van der Waals surface area contributed by atoms with Crippen LogP contribution in [0.5, 0.6) is 0 Å². The summed E-state index contributed by atoms with van der Waals surface area (Å²) in [5.74, 6) is 3.35. The predicted octanol–water partition coefficient (Wildman–Crippen LogP) is 2.22. The molecule has 3 rings (SSSR count). The third-order valence-corrected chi connectivity index (χ3v) is 5.80. The Morgan fingerprint density at radius 1 is 1.24 bits per heavy atom. The van der Waals surface area contributed by atoms with Crippen molar-refractivity contribution < 1.29 is 0 Å². The van der Waals surface area contributed by atoms with Gasteiger partial charge in [-0.05, 0) is 25.0 Å². The lowest BCUT2D eigenvalue weighted by atomic mass is 9.94. The molecule has 0 aromatic rings. The summed E-state index contributed by atoms with van der Waals surface area (Å²) in [5, 5.41) is 0. The highest BCUT2D eigenvalue weighted by atomic mass is 32.2. The minimum absolute atomic E-state index is 0.295. The third-order valence-electron chi connectivity index (χ3n) is 4.57. The van der Waals surface area contributed by atoms with E-state index in [2.05, 4.69) is 21.7 Å². The van der Waals surface area contributed by atoms with Crippen LogP contribution >= 0.6 is 11.8 Å².